The predicted molar refractivity (Wildman–Crippen MR) is 87.6 cm³/mol. The molecule has 1 aromatic heterocycles. The Bertz CT molecular complexity index is 859. The second-order valence-electron chi connectivity index (χ2n) is 4.64. The lowest BCUT2D eigenvalue weighted by Gasteiger charge is -2.00. The first-order chi connectivity index (χ1) is 11.6. The van der Waals surface area contributed by atoms with Crippen LogP contribution >= 0.6 is 0 Å². The molecule has 1 heterocycles. The van der Waals surface area contributed by atoms with E-state index >= 15 is 0 Å². The second kappa shape index (κ2) is 7.56. The molecule has 0 unspecified atom stereocenters. The lowest BCUT2D eigenvalue weighted by molar-refractivity contribution is -0.384. The average molecular weight is 323 g/mol. The van der Waals surface area contributed by atoms with Crippen LogP contribution in [0.3, 0.4) is 0 Å². The van der Waals surface area contributed by atoms with Gasteiger partial charge >= 0.3 is 0 Å². The molecule has 2 rings (SSSR count). The van der Waals surface area contributed by atoms with E-state index in [-0.39, 0.29) is 29.3 Å². The van der Waals surface area contributed by atoms with Gasteiger partial charge in [0, 0.05) is 18.7 Å². The van der Waals surface area contributed by atoms with Gasteiger partial charge in [-0.25, -0.2) is 0 Å². The Labute approximate surface area is 137 Å². The number of nitro benzene ring substituents is 1. The summed E-state index contributed by atoms with van der Waals surface area (Å²) in [6.45, 7) is 3.70. The van der Waals surface area contributed by atoms with Gasteiger partial charge in [0.1, 0.15) is 23.2 Å². The van der Waals surface area contributed by atoms with Gasteiger partial charge in [0.25, 0.3) is 11.6 Å². The molecule has 0 aliphatic heterocycles. The molecule has 1 aromatic carbocycles. The van der Waals surface area contributed by atoms with Crippen molar-refractivity contribution in [3.63, 3.8) is 0 Å². The maximum Gasteiger partial charge on any atom is 0.280 e. The molecule has 0 aliphatic carbocycles. The molecule has 0 spiro atoms. The number of nitrogens with zero attached hydrogens (tertiary/aromatic N) is 2. The van der Waals surface area contributed by atoms with E-state index in [0.29, 0.717) is 5.56 Å². The van der Waals surface area contributed by atoms with E-state index in [1.54, 1.807) is 30.3 Å². The number of furan rings is 1. The third kappa shape index (κ3) is 3.75. The van der Waals surface area contributed by atoms with Crippen molar-refractivity contribution in [3.05, 3.63) is 70.5 Å². The molecule has 7 nitrogen and oxygen atoms in total. The number of nitro groups is 1. The van der Waals surface area contributed by atoms with Gasteiger partial charge in [-0.2, -0.15) is 5.26 Å². The number of nitrogens with one attached hydrogen (secondary N) is 1. The van der Waals surface area contributed by atoms with E-state index in [9.17, 15) is 14.9 Å². The van der Waals surface area contributed by atoms with Crippen LogP contribution in [0.1, 0.15) is 5.76 Å². The van der Waals surface area contributed by atoms with Crippen LogP contribution in [0.25, 0.3) is 17.4 Å². The highest BCUT2D eigenvalue weighted by atomic mass is 16.6. The molecule has 0 saturated heterocycles. The van der Waals surface area contributed by atoms with Crippen molar-refractivity contribution in [3.8, 4) is 17.4 Å². The fraction of sp³-hybridized carbons (Fsp3) is 0.0588. The summed E-state index contributed by atoms with van der Waals surface area (Å²) in [5.74, 6) is -0.0353. The molecule has 7 heteroatoms. The summed E-state index contributed by atoms with van der Waals surface area (Å²) >= 11 is 0. The molecule has 0 bridgehead atoms. The highest BCUT2D eigenvalue weighted by molar-refractivity contribution is 6.01. The zero-order chi connectivity index (χ0) is 17.5. The third-order valence-corrected chi connectivity index (χ3v) is 3.05. The van der Waals surface area contributed by atoms with E-state index in [4.69, 9.17) is 9.68 Å². The van der Waals surface area contributed by atoms with Gasteiger partial charge in [-0.3, -0.25) is 14.9 Å². The quantitative estimate of drug-likeness (QED) is 0.289. The first-order valence-electron chi connectivity index (χ1n) is 6.91. The summed E-state index contributed by atoms with van der Waals surface area (Å²) < 4.78 is 5.52. The minimum atomic E-state index is -0.555. The molecule has 0 atom stereocenters. The Morgan fingerprint density at radius 2 is 2.12 bits per heavy atom. The van der Waals surface area contributed by atoms with E-state index in [0.717, 1.165) is 0 Å². The maximum absolute atomic E-state index is 11.8. The lowest BCUT2D eigenvalue weighted by atomic mass is 10.1. The van der Waals surface area contributed by atoms with Crippen LogP contribution < -0.4 is 5.32 Å². The summed E-state index contributed by atoms with van der Waals surface area (Å²) in [6.07, 6.45) is 2.77. The second-order valence-corrected chi connectivity index (χ2v) is 4.64. The first-order valence-corrected chi connectivity index (χ1v) is 6.91. The molecular formula is C17H13N3O4. The zero-order valence-corrected chi connectivity index (χ0v) is 12.6. The van der Waals surface area contributed by atoms with Crippen LogP contribution in [0.2, 0.25) is 0 Å². The number of benzene rings is 1. The summed E-state index contributed by atoms with van der Waals surface area (Å²) in [5, 5.41) is 22.6. The highest BCUT2D eigenvalue weighted by Crippen LogP contribution is 2.31. The summed E-state index contributed by atoms with van der Waals surface area (Å²) in [7, 11) is 0. The lowest BCUT2D eigenvalue weighted by Crippen LogP contribution is -2.24. The molecular weight excluding hydrogens is 310 g/mol. The summed E-state index contributed by atoms with van der Waals surface area (Å²) in [4.78, 5) is 22.3. The fourth-order valence-electron chi connectivity index (χ4n) is 1.97. The minimum absolute atomic E-state index is 0.0911. The number of amides is 1. The predicted octanol–water partition coefficient (Wildman–Crippen LogP) is 3.06. The van der Waals surface area contributed by atoms with Crippen LogP contribution in [0.5, 0.6) is 0 Å². The topological polar surface area (TPSA) is 109 Å². The largest absolute Gasteiger partial charge is 0.456 e. The molecule has 0 aliphatic rings. The highest BCUT2D eigenvalue weighted by Gasteiger charge is 2.17. The van der Waals surface area contributed by atoms with Crippen molar-refractivity contribution in [2.75, 3.05) is 6.54 Å². The van der Waals surface area contributed by atoms with Crippen molar-refractivity contribution in [1.29, 1.82) is 5.26 Å². The van der Waals surface area contributed by atoms with Gasteiger partial charge in [-0.15, -0.1) is 6.58 Å². The molecule has 0 fully saturated rings. The standard InChI is InChI=1S/C17H13N3O4/c1-2-9-19-17(21)12(11-18)10-13-7-8-16(24-13)14-5-3-4-6-15(14)20(22)23/h2-8,10H,1,9H2,(H,19,21)/b12-10+. The minimum Gasteiger partial charge on any atom is -0.456 e. The maximum atomic E-state index is 11.8. The normalized spacial score (nSPS) is 10.7. The smallest absolute Gasteiger partial charge is 0.280 e. The van der Waals surface area contributed by atoms with Gasteiger partial charge in [-0.05, 0) is 18.2 Å². The Morgan fingerprint density at radius 3 is 2.79 bits per heavy atom. The molecule has 0 saturated carbocycles. The van der Waals surface area contributed by atoms with Crippen molar-refractivity contribution < 1.29 is 14.1 Å². The SMILES string of the molecule is C=CCNC(=O)/C(C#N)=C/c1ccc(-c2ccccc2[N+](=O)[O-])o1. The van der Waals surface area contributed by atoms with Crippen molar-refractivity contribution in [2.45, 2.75) is 0 Å². The van der Waals surface area contributed by atoms with E-state index in [2.05, 4.69) is 11.9 Å². The van der Waals surface area contributed by atoms with Gasteiger partial charge < -0.3 is 9.73 Å². The summed E-state index contributed by atoms with van der Waals surface area (Å²) in [6, 6.07) is 11.0. The number of rotatable bonds is 6. The molecule has 2 aromatic rings. The Morgan fingerprint density at radius 1 is 1.38 bits per heavy atom. The van der Waals surface area contributed by atoms with Crippen molar-refractivity contribution >= 4 is 17.7 Å². The Kier molecular flexibility index (Phi) is 5.26. The monoisotopic (exact) mass is 323 g/mol. The number of para-hydroxylation sites is 1. The average Bonchev–Trinajstić information content (AvgIpc) is 3.06. The number of carbonyl (C=O) groups is 1. The van der Waals surface area contributed by atoms with Crippen molar-refractivity contribution in [1.82, 2.24) is 5.32 Å². The third-order valence-electron chi connectivity index (χ3n) is 3.05. The van der Waals surface area contributed by atoms with Crippen LogP contribution in [-0.4, -0.2) is 17.4 Å². The molecule has 1 amide bonds. The zero-order valence-electron chi connectivity index (χ0n) is 12.6. The van der Waals surface area contributed by atoms with Crippen LogP contribution in [0, 0.1) is 21.4 Å². The van der Waals surface area contributed by atoms with Crippen LogP contribution in [0.15, 0.2) is 59.0 Å². The van der Waals surface area contributed by atoms with Gasteiger partial charge in [-0.1, -0.05) is 18.2 Å². The molecule has 0 radical (unpaired) electrons. The van der Waals surface area contributed by atoms with Crippen LogP contribution in [0.4, 0.5) is 5.69 Å². The van der Waals surface area contributed by atoms with E-state index < -0.39 is 10.8 Å². The molecule has 120 valence electrons. The molecule has 1 N–H and O–H groups in total. The fourth-order valence-corrected chi connectivity index (χ4v) is 1.97. The van der Waals surface area contributed by atoms with Gasteiger partial charge in [0.15, 0.2) is 0 Å². The molecule has 24 heavy (non-hydrogen) atoms. The van der Waals surface area contributed by atoms with E-state index in [1.165, 1.54) is 24.3 Å². The Hall–Kier alpha value is -3.66. The Balaban J connectivity index is 2.33. The number of hydrogen-bond acceptors (Lipinski definition) is 5. The van der Waals surface area contributed by atoms with E-state index in [1.807, 2.05) is 0 Å². The van der Waals surface area contributed by atoms with Crippen molar-refractivity contribution in [2.24, 2.45) is 0 Å². The van der Waals surface area contributed by atoms with Crippen LogP contribution in [-0.2, 0) is 4.79 Å². The number of carbonyl (C=O) groups excluding carboxylic acids is 1. The summed E-state index contributed by atoms with van der Waals surface area (Å²) in [5.41, 5.74) is 0.0868. The number of hydrogen-bond donors (Lipinski definition) is 1. The van der Waals surface area contributed by atoms with Gasteiger partial charge in [0.2, 0.25) is 0 Å². The first kappa shape index (κ1) is 16.7. The number of nitriles is 1. The van der Waals surface area contributed by atoms with Gasteiger partial charge in [0.05, 0.1) is 10.5 Å².